The van der Waals surface area contributed by atoms with E-state index in [-0.39, 0.29) is 5.56 Å². The summed E-state index contributed by atoms with van der Waals surface area (Å²) in [5, 5.41) is 11.8. The van der Waals surface area contributed by atoms with Crippen molar-refractivity contribution in [3.63, 3.8) is 0 Å². The topological polar surface area (TPSA) is 32.6 Å². The zero-order valence-corrected chi connectivity index (χ0v) is 11.9. The number of hydrogen-bond donors (Lipinski definition) is 1. The summed E-state index contributed by atoms with van der Waals surface area (Å²) >= 11 is 0. The molecule has 0 bridgehead atoms. The van der Waals surface area contributed by atoms with Gasteiger partial charge in [-0.2, -0.15) is 13.2 Å². The van der Waals surface area contributed by atoms with Gasteiger partial charge < -0.3 is 5.21 Å². The molecule has 2 aromatic carbocycles. The van der Waals surface area contributed by atoms with Gasteiger partial charge in [-0.15, -0.1) is 0 Å². The molecule has 2 rings (SSSR count). The van der Waals surface area contributed by atoms with Gasteiger partial charge in [-0.3, -0.25) is 0 Å². The molecule has 0 radical (unpaired) electrons. The van der Waals surface area contributed by atoms with Crippen LogP contribution in [0, 0.1) is 0 Å². The van der Waals surface area contributed by atoms with Crippen molar-refractivity contribution in [2.24, 2.45) is 5.16 Å². The van der Waals surface area contributed by atoms with Gasteiger partial charge in [0.1, 0.15) is 0 Å². The Bertz CT molecular complexity index is 716. The first kappa shape index (κ1) is 15.8. The minimum atomic E-state index is -4.45. The Kier molecular flexibility index (Phi) is 4.35. The Morgan fingerprint density at radius 2 is 1.77 bits per heavy atom. The first-order valence-corrected chi connectivity index (χ1v) is 6.50. The van der Waals surface area contributed by atoms with Crippen LogP contribution in [0.15, 0.2) is 54.2 Å². The van der Waals surface area contributed by atoms with Crippen molar-refractivity contribution in [2.45, 2.75) is 13.1 Å². The molecule has 0 aromatic heterocycles. The van der Waals surface area contributed by atoms with E-state index in [0.717, 1.165) is 6.07 Å². The average Bonchev–Trinajstić information content (AvgIpc) is 2.52. The third kappa shape index (κ3) is 3.03. The van der Waals surface area contributed by atoms with Gasteiger partial charge in [-0.1, -0.05) is 54.2 Å². The Hall–Kier alpha value is -2.56. The Morgan fingerprint density at radius 1 is 1.14 bits per heavy atom. The summed E-state index contributed by atoms with van der Waals surface area (Å²) in [7, 11) is 0. The van der Waals surface area contributed by atoms with Crippen LogP contribution in [-0.4, -0.2) is 10.9 Å². The molecule has 22 heavy (non-hydrogen) atoms. The molecule has 0 unspecified atom stereocenters. The molecule has 114 valence electrons. The van der Waals surface area contributed by atoms with Gasteiger partial charge in [-0.25, -0.2) is 0 Å². The molecule has 0 atom stereocenters. The molecule has 5 heteroatoms. The lowest BCUT2D eigenvalue weighted by Crippen LogP contribution is -2.08. The fraction of sp³-hybridized carbons (Fsp3) is 0.118. The van der Waals surface area contributed by atoms with E-state index in [0.29, 0.717) is 22.4 Å². The summed E-state index contributed by atoms with van der Waals surface area (Å²) in [6, 6.07) is 10.4. The predicted octanol–water partition coefficient (Wildman–Crippen LogP) is 5.21. The van der Waals surface area contributed by atoms with Crippen LogP contribution in [0.3, 0.4) is 0 Å². The monoisotopic (exact) mass is 305 g/mol. The zero-order valence-electron chi connectivity index (χ0n) is 11.9. The molecule has 0 heterocycles. The summed E-state index contributed by atoms with van der Waals surface area (Å²) in [5.74, 6) is 0. The third-order valence-corrected chi connectivity index (χ3v) is 3.36. The quantitative estimate of drug-likeness (QED) is 0.471. The van der Waals surface area contributed by atoms with Crippen LogP contribution in [-0.2, 0) is 6.18 Å². The number of alkyl halides is 3. The number of oxime groups is 1. The van der Waals surface area contributed by atoms with Crippen molar-refractivity contribution in [2.75, 3.05) is 0 Å². The van der Waals surface area contributed by atoms with Crippen molar-refractivity contribution in [1.82, 2.24) is 0 Å². The van der Waals surface area contributed by atoms with Gasteiger partial charge in [0.2, 0.25) is 0 Å². The predicted molar refractivity (Wildman–Crippen MR) is 81.0 cm³/mol. The number of nitrogens with zero attached hydrogens (tertiary/aromatic N) is 1. The van der Waals surface area contributed by atoms with Crippen LogP contribution in [0.4, 0.5) is 13.2 Å². The first-order valence-electron chi connectivity index (χ1n) is 6.50. The van der Waals surface area contributed by atoms with Gasteiger partial charge in [-0.05, 0) is 29.7 Å². The van der Waals surface area contributed by atoms with E-state index in [9.17, 15) is 13.2 Å². The first-order chi connectivity index (χ1) is 10.4. The molecule has 0 spiro atoms. The summed E-state index contributed by atoms with van der Waals surface area (Å²) in [4.78, 5) is 0. The van der Waals surface area contributed by atoms with Crippen LogP contribution >= 0.6 is 0 Å². The molecule has 0 aliphatic heterocycles. The normalized spacial score (nSPS) is 12.3. The van der Waals surface area contributed by atoms with Crippen LogP contribution in [0.25, 0.3) is 17.2 Å². The minimum Gasteiger partial charge on any atom is -0.411 e. The van der Waals surface area contributed by atoms with Crippen molar-refractivity contribution < 1.29 is 18.4 Å². The second kappa shape index (κ2) is 6.05. The molecule has 2 nitrogen and oxygen atoms in total. The lowest BCUT2D eigenvalue weighted by Gasteiger charge is -2.16. The standard InChI is InChI=1S/C17H14F3NO/c1-3-12-5-4-6-15(17(18,19)20)16(12)14-9-7-13(8-10-14)11(2)21-22/h3-10,22H,1H2,2H3/b21-11-. The minimum absolute atomic E-state index is 0.0927. The van der Waals surface area contributed by atoms with Crippen molar-refractivity contribution >= 4 is 11.8 Å². The Labute approximate surface area is 126 Å². The number of halogens is 3. The fourth-order valence-electron chi connectivity index (χ4n) is 2.23. The molecule has 0 saturated heterocycles. The van der Waals surface area contributed by atoms with Gasteiger partial charge in [0, 0.05) is 5.56 Å². The second-order valence-electron chi connectivity index (χ2n) is 4.73. The summed E-state index contributed by atoms with van der Waals surface area (Å²) in [6.45, 7) is 5.18. The zero-order chi connectivity index (χ0) is 16.3. The van der Waals surface area contributed by atoms with Crippen molar-refractivity contribution in [3.05, 3.63) is 65.7 Å². The third-order valence-electron chi connectivity index (χ3n) is 3.36. The van der Waals surface area contributed by atoms with E-state index in [1.807, 2.05) is 0 Å². The van der Waals surface area contributed by atoms with Crippen molar-refractivity contribution in [3.8, 4) is 11.1 Å². The lowest BCUT2D eigenvalue weighted by atomic mass is 9.93. The largest absolute Gasteiger partial charge is 0.417 e. The number of hydrogen-bond acceptors (Lipinski definition) is 2. The van der Waals surface area contributed by atoms with E-state index in [4.69, 9.17) is 5.21 Å². The summed E-state index contributed by atoms with van der Waals surface area (Å²) < 4.78 is 39.7. The van der Waals surface area contributed by atoms with Gasteiger partial charge in [0.25, 0.3) is 0 Å². The smallest absolute Gasteiger partial charge is 0.411 e. The summed E-state index contributed by atoms with van der Waals surface area (Å²) in [6.07, 6.45) is -3.05. The van der Waals surface area contributed by atoms with Crippen LogP contribution in [0.2, 0.25) is 0 Å². The highest BCUT2D eigenvalue weighted by molar-refractivity contribution is 5.98. The molecule has 0 aliphatic carbocycles. The average molecular weight is 305 g/mol. The number of rotatable bonds is 3. The fourth-order valence-corrected chi connectivity index (χ4v) is 2.23. The van der Waals surface area contributed by atoms with E-state index >= 15 is 0 Å². The highest BCUT2D eigenvalue weighted by atomic mass is 19.4. The molecular weight excluding hydrogens is 291 g/mol. The van der Waals surface area contributed by atoms with E-state index in [1.165, 1.54) is 12.1 Å². The van der Waals surface area contributed by atoms with Gasteiger partial charge >= 0.3 is 6.18 Å². The Morgan fingerprint density at radius 3 is 2.27 bits per heavy atom. The molecule has 1 N–H and O–H groups in total. The maximum Gasteiger partial charge on any atom is 0.417 e. The molecule has 0 fully saturated rings. The lowest BCUT2D eigenvalue weighted by molar-refractivity contribution is -0.137. The van der Waals surface area contributed by atoms with Crippen LogP contribution in [0.5, 0.6) is 0 Å². The van der Waals surface area contributed by atoms with E-state index in [1.54, 1.807) is 37.3 Å². The molecule has 0 saturated carbocycles. The second-order valence-corrected chi connectivity index (χ2v) is 4.73. The molecule has 0 aliphatic rings. The van der Waals surface area contributed by atoms with E-state index in [2.05, 4.69) is 11.7 Å². The number of benzene rings is 2. The van der Waals surface area contributed by atoms with Crippen LogP contribution in [0.1, 0.15) is 23.6 Å². The SMILES string of the molecule is C=Cc1cccc(C(F)(F)F)c1-c1ccc(/C(C)=N\O)cc1. The van der Waals surface area contributed by atoms with Gasteiger partial charge in [0.05, 0.1) is 11.3 Å². The molecular formula is C17H14F3NO. The maximum atomic E-state index is 13.2. The Balaban J connectivity index is 2.63. The van der Waals surface area contributed by atoms with Crippen LogP contribution < -0.4 is 0 Å². The highest BCUT2D eigenvalue weighted by Crippen LogP contribution is 2.39. The molecule has 0 amide bonds. The maximum absolute atomic E-state index is 13.2. The van der Waals surface area contributed by atoms with Gasteiger partial charge in [0.15, 0.2) is 0 Å². The highest BCUT2D eigenvalue weighted by Gasteiger charge is 2.34. The van der Waals surface area contributed by atoms with E-state index < -0.39 is 11.7 Å². The molecule has 2 aromatic rings. The van der Waals surface area contributed by atoms with Crippen molar-refractivity contribution in [1.29, 1.82) is 0 Å². The summed E-state index contributed by atoms with van der Waals surface area (Å²) in [5.41, 5.74) is 1.25.